The van der Waals surface area contributed by atoms with E-state index in [1.807, 2.05) is 85.8 Å². The fraction of sp³-hybridized carbons (Fsp3) is 0.485. The Morgan fingerprint density at radius 1 is 0.479 bits per heavy atom. The normalized spacial score (nSPS) is 19.1. The number of aryl methyl sites for hydroxylation is 5. The summed E-state index contributed by atoms with van der Waals surface area (Å²) in [6.45, 7) is 22.8. The van der Waals surface area contributed by atoms with Crippen LogP contribution in [-0.4, -0.2) is 129 Å². The number of allylic oxidation sites excluding steroid dienone is 1. The molecular formula is C97H117F6N3O14S. The van der Waals surface area contributed by atoms with Crippen LogP contribution in [0.3, 0.4) is 0 Å². The number of carbonyl (C=O) groups is 4. The molecule has 0 radical (unpaired) electrons. The van der Waals surface area contributed by atoms with Gasteiger partial charge in [-0.2, -0.15) is 14.8 Å². The minimum Gasteiger partial charge on any atom is -0.466 e. The molecule has 0 bridgehead atoms. The van der Waals surface area contributed by atoms with E-state index in [0.29, 0.717) is 183 Å². The molecule has 0 unspecified atom stereocenters. The third kappa shape index (κ3) is 26.6. The minimum atomic E-state index is -3.65. The van der Waals surface area contributed by atoms with Gasteiger partial charge in [-0.25, -0.2) is 39.6 Å². The van der Waals surface area contributed by atoms with E-state index in [1.54, 1.807) is 104 Å². The van der Waals surface area contributed by atoms with Gasteiger partial charge in [-0.1, -0.05) is 109 Å². The number of hydrogen-bond acceptors (Lipinski definition) is 16. The number of aldehydes is 1. The van der Waals surface area contributed by atoms with Crippen LogP contribution in [-0.2, 0) is 107 Å². The van der Waals surface area contributed by atoms with Gasteiger partial charge in [0.15, 0.2) is 0 Å². The highest BCUT2D eigenvalue weighted by molar-refractivity contribution is 7.89. The number of halogens is 6. The predicted octanol–water partition coefficient (Wildman–Crippen LogP) is 19.4. The zero-order valence-corrected chi connectivity index (χ0v) is 72.1. The lowest BCUT2D eigenvalue weighted by atomic mass is 9.71. The molecule has 6 fully saturated rings. The summed E-state index contributed by atoms with van der Waals surface area (Å²) in [4.78, 5) is 46.6. The monoisotopic (exact) mass is 1690 g/mol. The van der Waals surface area contributed by atoms with Crippen LogP contribution >= 0.6 is 0 Å². The van der Waals surface area contributed by atoms with Gasteiger partial charge in [0.05, 0.1) is 49.2 Å². The molecule has 17 nitrogen and oxygen atoms in total. The van der Waals surface area contributed by atoms with Crippen molar-refractivity contribution in [3.8, 4) is 12.1 Å². The number of nitrogens with zero attached hydrogens (tertiary/aromatic N) is 3. The van der Waals surface area contributed by atoms with Crippen LogP contribution in [0.15, 0.2) is 152 Å². The summed E-state index contributed by atoms with van der Waals surface area (Å²) in [7, 11) is -3.65. The molecule has 6 aliphatic rings. The molecule has 652 valence electrons. The molecule has 121 heavy (non-hydrogen) atoms. The molecule has 6 aliphatic heterocycles. The van der Waals surface area contributed by atoms with E-state index in [-0.39, 0.29) is 88.7 Å². The summed E-state index contributed by atoms with van der Waals surface area (Å²) in [6, 6.07) is 44.1. The first kappa shape index (κ1) is 97.1. The molecule has 0 saturated carbocycles. The van der Waals surface area contributed by atoms with Gasteiger partial charge in [-0.3, -0.25) is 9.59 Å². The molecule has 24 heteroatoms. The van der Waals surface area contributed by atoms with Crippen LogP contribution in [0.25, 0.3) is 0 Å². The van der Waals surface area contributed by atoms with Crippen molar-refractivity contribution >= 4 is 34.2 Å². The van der Waals surface area contributed by atoms with Gasteiger partial charge in [-0.05, 0) is 255 Å². The summed E-state index contributed by atoms with van der Waals surface area (Å²) in [5.41, 5.74) is 7.18. The Hall–Kier alpha value is -9.37. The highest BCUT2D eigenvalue weighted by Gasteiger charge is 2.43. The molecule has 6 heterocycles. The van der Waals surface area contributed by atoms with E-state index in [4.69, 9.17) is 43.2 Å². The first-order chi connectivity index (χ1) is 58.0. The average molecular weight is 1700 g/mol. The second-order valence-corrected chi connectivity index (χ2v) is 34.0. The van der Waals surface area contributed by atoms with Gasteiger partial charge in [0.1, 0.15) is 46.4 Å². The number of hydrogen-bond donors (Lipinski definition) is 0. The minimum absolute atomic E-state index is 0.00210. The molecule has 6 saturated heterocycles. The quantitative estimate of drug-likeness (QED) is 0.0214. The Morgan fingerprint density at radius 3 is 1.30 bits per heavy atom. The maximum Gasteiger partial charge on any atom is 0.330 e. The number of carbonyl (C=O) groups excluding carboxylic acids is 4. The summed E-state index contributed by atoms with van der Waals surface area (Å²) in [5.74, 6) is -2.35. The zero-order chi connectivity index (χ0) is 87.8. The van der Waals surface area contributed by atoms with Crippen molar-refractivity contribution in [2.45, 2.75) is 216 Å². The van der Waals surface area contributed by atoms with Crippen molar-refractivity contribution in [3.63, 3.8) is 0 Å². The van der Waals surface area contributed by atoms with E-state index < -0.39 is 31.9 Å². The fourth-order valence-corrected chi connectivity index (χ4v) is 18.3. The van der Waals surface area contributed by atoms with Crippen molar-refractivity contribution in [2.24, 2.45) is 0 Å². The SMILES string of the molecule is CCOC(=O)/C=C/C1(c2ccc(C)c(F)c2)CCOCC1.CCOC(=O)CCC1(c2ccc(C)c(F)c2)CCOCC1.CCOC(=O)CCC1(c2ccc(CN3[C@@H](C)CC[C@H](c4ccccc4)S3(=O)=O)c(F)c2)CCOCC1.Cc1ccc(C2(C#N)CCOCC2)cc1F.Cc1ccc(C2(C=O)CCOCC2)cc1F.Cc1ccc(CC#N)cc1F. The van der Waals surface area contributed by atoms with Gasteiger partial charge < -0.3 is 42.7 Å². The Kier molecular flexibility index (Phi) is 37.5. The molecule has 0 amide bonds. The second-order valence-electron chi connectivity index (χ2n) is 31.9. The Bertz CT molecular complexity index is 4790. The number of esters is 3. The average Bonchev–Trinajstić information content (AvgIpc) is 0.762. The molecule has 0 aromatic heterocycles. The number of nitriles is 2. The van der Waals surface area contributed by atoms with E-state index >= 15 is 4.39 Å². The topological polar surface area (TPSA) is 227 Å². The lowest BCUT2D eigenvalue weighted by molar-refractivity contribution is -0.144. The van der Waals surface area contributed by atoms with Gasteiger partial charge in [0.25, 0.3) is 0 Å². The first-order valence-electron chi connectivity index (χ1n) is 42.0. The van der Waals surface area contributed by atoms with Crippen LogP contribution in [0, 0.1) is 92.2 Å². The zero-order valence-electron chi connectivity index (χ0n) is 71.3. The van der Waals surface area contributed by atoms with Crippen LogP contribution in [0.1, 0.15) is 208 Å². The third-order valence-electron chi connectivity index (χ3n) is 24.2. The van der Waals surface area contributed by atoms with E-state index in [0.717, 1.165) is 77.3 Å². The maximum atomic E-state index is 15.5. The molecule has 0 spiro atoms. The molecular weight excluding hydrogens is 1580 g/mol. The molecule has 0 aliphatic carbocycles. The molecule has 7 aromatic carbocycles. The first-order valence-corrected chi connectivity index (χ1v) is 43.5. The number of sulfonamides is 1. The van der Waals surface area contributed by atoms with Crippen LogP contribution < -0.4 is 0 Å². The number of ether oxygens (including phenoxy) is 8. The van der Waals surface area contributed by atoms with E-state index in [1.165, 1.54) is 34.6 Å². The molecule has 2 atom stereocenters. The van der Waals surface area contributed by atoms with E-state index in [9.17, 15) is 54.8 Å². The largest absolute Gasteiger partial charge is 0.466 e. The standard InChI is InChI=1S/C28H36FNO5S.C17H23FO3.C17H21FO3.C13H14FNO.C13H15FO2.C9H8FN/c1-3-35-27(31)13-14-28(15-17-34-18-16-28)24-11-10-23(25(29)19-24)20-30-21(2)9-12-26(36(30,32)33)22-7-5-4-6-8-22;2*1-3-21-16(19)6-7-17(8-10-20-11-9-17)14-5-4-13(2)15(18)12-14;2*1-10-2-3-11(8-12(10)14)13(9-15)4-6-16-7-5-13;1-7-2-3-8(4-5-11)6-9(7)10/h4-8,10-11,19,21,26H,3,9,12-18,20H2,1-2H3;4-5,12H,3,6-11H2,1-2H3;4-7,12H,3,8-11H2,1-2H3;2-3,8H,4-7H2,1H3;2-3,8-9H,4-7H2,1H3;2-3,6H,4H2,1H3/b;;7-6+;;;/t21-,26+;;;;;/m0...../s1. The van der Waals surface area contributed by atoms with Crippen LogP contribution in [0.2, 0.25) is 0 Å². The highest BCUT2D eigenvalue weighted by atomic mass is 32.2. The Labute approximate surface area is 710 Å². The lowest BCUT2D eigenvalue weighted by Crippen LogP contribution is -2.44. The summed E-state index contributed by atoms with van der Waals surface area (Å²) in [6.07, 6.45) is 14.7. The van der Waals surface area contributed by atoms with Crippen molar-refractivity contribution in [1.29, 1.82) is 10.5 Å². The Morgan fingerprint density at radius 2 is 0.868 bits per heavy atom. The van der Waals surface area contributed by atoms with Crippen LogP contribution in [0.5, 0.6) is 0 Å². The number of benzene rings is 7. The van der Waals surface area contributed by atoms with Gasteiger partial charge in [0.2, 0.25) is 10.0 Å². The smallest absolute Gasteiger partial charge is 0.330 e. The summed E-state index contributed by atoms with van der Waals surface area (Å²) < 4.78 is 154. The van der Waals surface area contributed by atoms with Crippen LogP contribution in [0.4, 0.5) is 26.3 Å². The van der Waals surface area contributed by atoms with E-state index in [2.05, 4.69) is 6.07 Å². The molecule has 7 aromatic rings. The summed E-state index contributed by atoms with van der Waals surface area (Å²) in [5, 5.41) is 17.0. The molecule has 13 rings (SSSR count). The Balaban J connectivity index is 0.000000188. The third-order valence-corrected chi connectivity index (χ3v) is 26.6. The highest BCUT2D eigenvalue weighted by Crippen LogP contribution is 2.45. The van der Waals surface area contributed by atoms with Crippen molar-refractivity contribution in [3.05, 3.63) is 259 Å². The van der Waals surface area contributed by atoms with Gasteiger partial charge in [-0.15, -0.1) is 0 Å². The lowest BCUT2D eigenvalue weighted by Gasteiger charge is -2.39. The van der Waals surface area contributed by atoms with Crippen molar-refractivity contribution in [2.75, 3.05) is 85.9 Å². The fourth-order valence-electron chi connectivity index (χ4n) is 16.1. The predicted molar refractivity (Wildman–Crippen MR) is 452 cm³/mol. The molecule has 0 N–H and O–H groups in total. The van der Waals surface area contributed by atoms with Crippen molar-refractivity contribution in [1.82, 2.24) is 4.31 Å². The van der Waals surface area contributed by atoms with Gasteiger partial charge in [0, 0.05) is 119 Å². The maximum absolute atomic E-state index is 15.5. The van der Waals surface area contributed by atoms with Gasteiger partial charge >= 0.3 is 17.9 Å². The second kappa shape index (κ2) is 46.8. The van der Waals surface area contributed by atoms with Crippen molar-refractivity contribution < 1.29 is 91.8 Å². The summed E-state index contributed by atoms with van der Waals surface area (Å²) >= 11 is 0. The number of rotatable bonds is 21.